The number of anilines is 1. The molecule has 0 bridgehead atoms. The highest BCUT2D eigenvalue weighted by molar-refractivity contribution is 6.31. The molecule has 4 rings (SSSR count). The number of aromatic nitrogens is 1. The Morgan fingerprint density at radius 1 is 1.28 bits per heavy atom. The molecule has 1 unspecified atom stereocenters. The Labute approximate surface area is 191 Å². The summed E-state index contributed by atoms with van der Waals surface area (Å²) < 4.78 is 10.9. The van der Waals surface area contributed by atoms with Gasteiger partial charge in [-0.15, -0.1) is 0 Å². The van der Waals surface area contributed by atoms with Crippen LogP contribution in [0.15, 0.2) is 53.1 Å². The van der Waals surface area contributed by atoms with E-state index in [0.29, 0.717) is 35.3 Å². The zero-order chi connectivity index (χ0) is 22.7. The molecule has 8 heteroatoms. The molecule has 0 aliphatic carbocycles. The Morgan fingerprint density at radius 2 is 2.06 bits per heavy atom. The van der Waals surface area contributed by atoms with E-state index < -0.39 is 5.92 Å². The van der Waals surface area contributed by atoms with Gasteiger partial charge in [0.2, 0.25) is 17.7 Å². The molecule has 2 aromatic carbocycles. The molecule has 3 aromatic rings. The zero-order valence-electron chi connectivity index (χ0n) is 17.9. The number of amides is 2. The van der Waals surface area contributed by atoms with Gasteiger partial charge in [0.15, 0.2) is 0 Å². The van der Waals surface area contributed by atoms with E-state index in [1.54, 1.807) is 29.4 Å². The molecule has 1 N–H and O–H groups in total. The number of oxazole rings is 1. The lowest BCUT2D eigenvalue weighted by molar-refractivity contribution is -0.126. The minimum Gasteiger partial charge on any atom is -0.495 e. The maximum Gasteiger partial charge on any atom is 0.227 e. The van der Waals surface area contributed by atoms with E-state index in [4.69, 9.17) is 20.8 Å². The smallest absolute Gasteiger partial charge is 0.227 e. The number of nitrogens with one attached hydrogen (secondary N) is 1. The number of carbonyl (C=O) groups is 2. The molecular weight excluding hydrogens is 430 g/mol. The Kier molecular flexibility index (Phi) is 6.46. The molecule has 32 heavy (non-hydrogen) atoms. The number of aryl methyl sites for hydroxylation is 1. The van der Waals surface area contributed by atoms with Crippen LogP contribution in [0.4, 0.5) is 5.69 Å². The summed E-state index contributed by atoms with van der Waals surface area (Å²) in [4.78, 5) is 31.2. The van der Waals surface area contributed by atoms with Gasteiger partial charge < -0.3 is 19.4 Å². The van der Waals surface area contributed by atoms with Gasteiger partial charge in [0.1, 0.15) is 12.0 Å². The van der Waals surface area contributed by atoms with Crippen LogP contribution < -0.4 is 15.0 Å². The van der Waals surface area contributed by atoms with Crippen LogP contribution >= 0.6 is 11.6 Å². The average Bonchev–Trinajstić information content (AvgIpc) is 3.41. The van der Waals surface area contributed by atoms with Crippen LogP contribution in [0.1, 0.15) is 17.7 Å². The van der Waals surface area contributed by atoms with E-state index in [9.17, 15) is 9.59 Å². The minimum absolute atomic E-state index is 0.134. The number of halogens is 1. The molecule has 0 spiro atoms. The summed E-state index contributed by atoms with van der Waals surface area (Å²) in [6, 6.07) is 13.0. The number of methoxy groups -OCH3 is 1. The largest absolute Gasteiger partial charge is 0.495 e. The van der Waals surface area contributed by atoms with Crippen LogP contribution in [0.2, 0.25) is 5.02 Å². The van der Waals surface area contributed by atoms with Crippen molar-refractivity contribution in [2.45, 2.75) is 19.8 Å². The Bertz CT molecular complexity index is 1130. The molecule has 1 saturated heterocycles. The zero-order valence-corrected chi connectivity index (χ0v) is 18.7. The van der Waals surface area contributed by atoms with Crippen molar-refractivity contribution in [2.24, 2.45) is 5.92 Å². The molecule has 1 aromatic heterocycles. The van der Waals surface area contributed by atoms with Gasteiger partial charge >= 0.3 is 0 Å². The first-order valence-corrected chi connectivity index (χ1v) is 10.8. The molecule has 1 aliphatic heterocycles. The SMILES string of the molecule is COc1ccc(Cl)cc1N1CC(C(=O)NCCc2coc(-c3ccc(C)cc3)n2)CC1=O. The molecule has 7 nitrogen and oxygen atoms in total. The Balaban J connectivity index is 1.32. The van der Waals surface area contributed by atoms with Gasteiger partial charge in [-0.05, 0) is 37.3 Å². The average molecular weight is 454 g/mol. The summed E-state index contributed by atoms with van der Waals surface area (Å²) in [6.45, 7) is 2.71. The van der Waals surface area contributed by atoms with Crippen molar-refractivity contribution in [1.29, 1.82) is 0 Å². The van der Waals surface area contributed by atoms with E-state index in [-0.39, 0.29) is 24.8 Å². The number of benzene rings is 2. The first-order chi connectivity index (χ1) is 15.4. The molecule has 2 heterocycles. The van der Waals surface area contributed by atoms with Crippen molar-refractivity contribution in [3.8, 4) is 17.2 Å². The number of ether oxygens (including phenoxy) is 1. The quantitative estimate of drug-likeness (QED) is 0.584. The number of hydrogen-bond donors (Lipinski definition) is 1. The van der Waals surface area contributed by atoms with Crippen LogP contribution in [-0.2, 0) is 16.0 Å². The molecular formula is C24H24ClN3O4. The van der Waals surface area contributed by atoms with Gasteiger partial charge in [0.05, 0.1) is 24.4 Å². The van der Waals surface area contributed by atoms with E-state index in [0.717, 1.165) is 11.3 Å². The van der Waals surface area contributed by atoms with Crippen molar-refractivity contribution in [1.82, 2.24) is 10.3 Å². The van der Waals surface area contributed by atoms with Gasteiger partial charge in [-0.3, -0.25) is 9.59 Å². The number of hydrogen-bond acceptors (Lipinski definition) is 5. The van der Waals surface area contributed by atoms with Crippen molar-refractivity contribution in [2.75, 3.05) is 25.1 Å². The van der Waals surface area contributed by atoms with Crippen LogP contribution in [0.25, 0.3) is 11.5 Å². The summed E-state index contributed by atoms with van der Waals surface area (Å²) in [5.74, 6) is 0.360. The summed E-state index contributed by atoms with van der Waals surface area (Å²) in [5.41, 5.74) is 3.41. The van der Waals surface area contributed by atoms with E-state index in [1.807, 2.05) is 31.2 Å². The van der Waals surface area contributed by atoms with Gasteiger partial charge in [0.25, 0.3) is 0 Å². The number of nitrogens with zero attached hydrogens (tertiary/aromatic N) is 2. The predicted octanol–water partition coefficient (Wildman–Crippen LogP) is 4.02. The van der Waals surface area contributed by atoms with Crippen molar-refractivity contribution < 1.29 is 18.7 Å². The van der Waals surface area contributed by atoms with Crippen molar-refractivity contribution in [3.63, 3.8) is 0 Å². The maximum atomic E-state index is 12.6. The van der Waals surface area contributed by atoms with Gasteiger partial charge in [0, 0.05) is 36.5 Å². The first kappa shape index (κ1) is 21.9. The topological polar surface area (TPSA) is 84.7 Å². The third-order valence-electron chi connectivity index (χ3n) is 5.46. The highest BCUT2D eigenvalue weighted by Gasteiger charge is 2.36. The van der Waals surface area contributed by atoms with Crippen LogP contribution in [0, 0.1) is 12.8 Å². The third-order valence-corrected chi connectivity index (χ3v) is 5.69. The summed E-state index contributed by atoms with van der Waals surface area (Å²) in [5, 5.41) is 3.40. The molecule has 166 valence electrons. The fourth-order valence-corrected chi connectivity index (χ4v) is 3.87. The lowest BCUT2D eigenvalue weighted by Crippen LogP contribution is -2.34. The minimum atomic E-state index is -0.438. The third kappa shape index (κ3) is 4.78. The second-order valence-corrected chi connectivity index (χ2v) is 8.21. The normalized spacial score (nSPS) is 15.8. The standard InChI is InChI=1S/C24H24ClN3O4/c1-15-3-5-16(6-4-15)24-27-19(14-32-24)9-10-26-23(30)17-11-22(29)28(13-17)20-12-18(25)7-8-21(20)31-2/h3-8,12,14,17H,9-11,13H2,1-2H3,(H,26,30). The molecule has 1 atom stereocenters. The Hall–Kier alpha value is -3.32. The van der Waals surface area contributed by atoms with Gasteiger partial charge in [-0.25, -0.2) is 4.98 Å². The van der Waals surface area contributed by atoms with Crippen LogP contribution in [-0.4, -0.2) is 37.0 Å². The highest BCUT2D eigenvalue weighted by Crippen LogP contribution is 2.35. The van der Waals surface area contributed by atoms with Crippen molar-refractivity contribution >= 4 is 29.1 Å². The lowest BCUT2D eigenvalue weighted by Gasteiger charge is -2.19. The van der Waals surface area contributed by atoms with Gasteiger partial charge in [-0.2, -0.15) is 0 Å². The number of carbonyl (C=O) groups excluding carboxylic acids is 2. The van der Waals surface area contributed by atoms with E-state index in [2.05, 4.69) is 10.3 Å². The Morgan fingerprint density at radius 3 is 2.81 bits per heavy atom. The van der Waals surface area contributed by atoms with Crippen LogP contribution in [0.5, 0.6) is 5.75 Å². The number of rotatable bonds is 7. The highest BCUT2D eigenvalue weighted by atomic mass is 35.5. The monoisotopic (exact) mass is 453 g/mol. The van der Waals surface area contributed by atoms with Crippen molar-refractivity contribution in [3.05, 3.63) is 65.0 Å². The second kappa shape index (κ2) is 9.44. The summed E-state index contributed by atoms with van der Waals surface area (Å²) >= 11 is 6.09. The maximum absolute atomic E-state index is 12.6. The second-order valence-electron chi connectivity index (χ2n) is 7.77. The summed E-state index contributed by atoms with van der Waals surface area (Å²) in [7, 11) is 1.53. The fourth-order valence-electron chi connectivity index (χ4n) is 3.70. The molecule has 0 saturated carbocycles. The lowest BCUT2D eigenvalue weighted by atomic mass is 10.1. The fraction of sp³-hybridized carbons (Fsp3) is 0.292. The first-order valence-electron chi connectivity index (χ1n) is 10.4. The molecule has 0 radical (unpaired) electrons. The van der Waals surface area contributed by atoms with Crippen LogP contribution in [0.3, 0.4) is 0 Å². The van der Waals surface area contributed by atoms with Gasteiger partial charge in [-0.1, -0.05) is 29.3 Å². The molecule has 1 fully saturated rings. The molecule has 1 aliphatic rings. The van der Waals surface area contributed by atoms with E-state index >= 15 is 0 Å². The predicted molar refractivity (Wildman–Crippen MR) is 122 cm³/mol. The van der Waals surface area contributed by atoms with E-state index in [1.165, 1.54) is 12.7 Å². The summed E-state index contributed by atoms with van der Waals surface area (Å²) in [6.07, 6.45) is 2.28. The molecule has 2 amide bonds.